The highest BCUT2D eigenvalue weighted by molar-refractivity contribution is 7.85. The first-order chi connectivity index (χ1) is 14.4. The topological polar surface area (TPSA) is 79.4 Å². The van der Waals surface area contributed by atoms with Gasteiger partial charge in [0.05, 0.1) is 12.8 Å². The number of amides is 1. The first kappa shape index (κ1) is 20.5. The molecular formula is C21H25N3O5S. The van der Waals surface area contributed by atoms with E-state index in [1.54, 1.807) is 0 Å². The van der Waals surface area contributed by atoms with Crippen molar-refractivity contribution < 1.29 is 22.1 Å². The van der Waals surface area contributed by atoms with Gasteiger partial charge in [0, 0.05) is 43.2 Å². The van der Waals surface area contributed by atoms with Crippen molar-refractivity contribution in [2.75, 3.05) is 60.3 Å². The molecule has 0 spiro atoms. The Labute approximate surface area is 176 Å². The highest BCUT2D eigenvalue weighted by Crippen LogP contribution is 2.26. The largest absolute Gasteiger partial charge is 0.441 e. The second-order valence-electron chi connectivity index (χ2n) is 7.43. The number of rotatable bonds is 6. The minimum Gasteiger partial charge on any atom is -0.441 e. The minimum atomic E-state index is -3.57. The van der Waals surface area contributed by atoms with Crippen molar-refractivity contribution >= 4 is 33.3 Å². The molecule has 2 heterocycles. The zero-order valence-electron chi connectivity index (χ0n) is 16.8. The molecule has 8 nitrogen and oxygen atoms in total. The predicted molar refractivity (Wildman–Crippen MR) is 116 cm³/mol. The van der Waals surface area contributed by atoms with Crippen molar-refractivity contribution in [1.29, 1.82) is 0 Å². The molecule has 2 aliphatic heterocycles. The molecule has 160 valence electrons. The second-order valence-corrected chi connectivity index (χ2v) is 9.08. The fourth-order valence-electron chi connectivity index (χ4n) is 3.72. The molecule has 2 aromatic carbocycles. The van der Waals surface area contributed by atoms with Gasteiger partial charge in [0.25, 0.3) is 10.1 Å². The molecular weight excluding hydrogens is 406 g/mol. The lowest BCUT2D eigenvalue weighted by atomic mass is 10.2. The molecule has 0 N–H and O–H groups in total. The lowest BCUT2D eigenvalue weighted by Crippen LogP contribution is -2.46. The molecule has 0 aliphatic carbocycles. The lowest BCUT2D eigenvalue weighted by Gasteiger charge is -2.37. The molecule has 0 radical (unpaired) electrons. The van der Waals surface area contributed by atoms with Crippen LogP contribution in [0, 0.1) is 0 Å². The van der Waals surface area contributed by atoms with Crippen LogP contribution >= 0.6 is 0 Å². The molecule has 30 heavy (non-hydrogen) atoms. The molecule has 0 unspecified atom stereocenters. The van der Waals surface area contributed by atoms with Gasteiger partial charge in [-0.1, -0.05) is 18.2 Å². The van der Waals surface area contributed by atoms with Crippen LogP contribution < -0.4 is 14.7 Å². The van der Waals surface area contributed by atoms with Crippen molar-refractivity contribution in [2.45, 2.75) is 6.10 Å². The van der Waals surface area contributed by atoms with Gasteiger partial charge < -0.3 is 14.5 Å². The molecule has 0 saturated carbocycles. The molecule has 2 aliphatic rings. The van der Waals surface area contributed by atoms with Crippen LogP contribution in [0.25, 0.3) is 0 Å². The van der Waals surface area contributed by atoms with Crippen LogP contribution in [0.1, 0.15) is 0 Å². The first-order valence-corrected chi connectivity index (χ1v) is 11.7. The number of para-hydroxylation sites is 1. The second kappa shape index (κ2) is 8.53. The fourth-order valence-corrected chi connectivity index (χ4v) is 4.12. The van der Waals surface area contributed by atoms with E-state index in [2.05, 4.69) is 34.1 Å². The number of benzene rings is 2. The Morgan fingerprint density at radius 3 is 2.00 bits per heavy atom. The zero-order chi connectivity index (χ0) is 21.1. The molecule has 0 bridgehead atoms. The van der Waals surface area contributed by atoms with Crippen LogP contribution in [0.5, 0.6) is 0 Å². The van der Waals surface area contributed by atoms with E-state index in [1.165, 1.54) is 10.6 Å². The normalized spacial score (nSPS) is 19.8. The predicted octanol–water partition coefficient (Wildman–Crippen LogP) is 2.31. The maximum Gasteiger partial charge on any atom is 0.414 e. The Balaban J connectivity index is 1.34. The summed E-state index contributed by atoms with van der Waals surface area (Å²) >= 11 is 0. The van der Waals surface area contributed by atoms with Crippen LogP contribution in [0.4, 0.5) is 21.9 Å². The quantitative estimate of drug-likeness (QED) is 0.650. The summed E-state index contributed by atoms with van der Waals surface area (Å²) in [6.07, 6.45) is -0.140. The van der Waals surface area contributed by atoms with E-state index in [1.807, 2.05) is 30.3 Å². The van der Waals surface area contributed by atoms with Gasteiger partial charge in [-0.3, -0.25) is 9.08 Å². The number of carbonyl (C=O) groups excluding carboxylic acids is 1. The van der Waals surface area contributed by atoms with E-state index >= 15 is 0 Å². The van der Waals surface area contributed by atoms with Gasteiger partial charge in [0.1, 0.15) is 12.7 Å². The Morgan fingerprint density at radius 2 is 1.43 bits per heavy atom. The summed E-state index contributed by atoms with van der Waals surface area (Å²) in [4.78, 5) is 18.3. The molecule has 2 fully saturated rings. The van der Waals surface area contributed by atoms with Crippen molar-refractivity contribution in [3.63, 3.8) is 0 Å². The number of ether oxygens (including phenoxy) is 1. The summed E-state index contributed by atoms with van der Waals surface area (Å²) in [6, 6.07) is 18.2. The van der Waals surface area contributed by atoms with Gasteiger partial charge in [-0.25, -0.2) is 4.79 Å². The maximum atomic E-state index is 12.1. The number of hydrogen-bond donors (Lipinski definition) is 0. The van der Waals surface area contributed by atoms with Gasteiger partial charge in [-0.2, -0.15) is 8.42 Å². The van der Waals surface area contributed by atoms with Crippen LogP contribution in [0.3, 0.4) is 0 Å². The number of cyclic esters (lactones) is 1. The minimum absolute atomic E-state index is 0.176. The van der Waals surface area contributed by atoms with Gasteiger partial charge in [0.15, 0.2) is 0 Å². The average molecular weight is 432 g/mol. The summed E-state index contributed by atoms with van der Waals surface area (Å²) in [5, 5.41) is 0. The molecule has 4 rings (SSSR count). The van der Waals surface area contributed by atoms with Gasteiger partial charge in [-0.05, 0) is 36.4 Å². The highest BCUT2D eigenvalue weighted by atomic mass is 32.2. The number of anilines is 3. The third-order valence-electron chi connectivity index (χ3n) is 5.27. The summed E-state index contributed by atoms with van der Waals surface area (Å²) in [5.41, 5.74) is 3.07. The molecule has 0 aromatic heterocycles. The third-order valence-corrected chi connectivity index (χ3v) is 5.83. The van der Waals surface area contributed by atoms with E-state index in [0.717, 1.165) is 38.1 Å². The van der Waals surface area contributed by atoms with Gasteiger partial charge >= 0.3 is 6.09 Å². The molecule has 9 heteroatoms. The van der Waals surface area contributed by atoms with Crippen LogP contribution in [-0.2, 0) is 19.0 Å². The smallest absolute Gasteiger partial charge is 0.414 e. The number of hydrogen-bond acceptors (Lipinski definition) is 7. The van der Waals surface area contributed by atoms with Crippen LogP contribution in [0.15, 0.2) is 54.6 Å². The number of nitrogens with zero attached hydrogens (tertiary/aromatic N) is 3. The third kappa shape index (κ3) is 4.85. The molecule has 2 aromatic rings. The Kier molecular flexibility index (Phi) is 5.83. The van der Waals surface area contributed by atoms with Crippen LogP contribution in [0.2, 0.25) is 0 Å². The van der Waals surface area contributed by atoms with E-state index < -0.39 is 22.3 Å². The molecule has 2 saturated heterocycles. The Bertz CT molecular complexity index is 973. The molecule has 1 amide bonds. The Morgan fingerprint density at radius 1 is 0.900 bits per heavy atom. The van der Waals surface area contributed by atoms with Crippen molar-refractivity contribution in [3.05, 3.63) is 54.6 Å². The summed E-state index contributed by atoms with van der Waals surface area (Å²) in [5.74, 6) is 0. The summed E-state index contributed by atoms with van der Waals surface area (Å²) < 4.78 is 32.2. The van der Waals surface area contributed by atoms with Gasteiger partial charge in [-0.15, -0.1) is 0 Å². The van der Waals surface area contributed by atoms with E-state index in [0.29, 0.717) is 5.69 Å². The summed E-state index contributed by atoms with van der Waals surface area (Å²) in [6.45, 7) is 3.82. The maximum absolute atomic E-state index is 12.1. The van der Waals surface area contributed by atoms with Crippen molar-refractivity contribution in [2.24, 2.45) is 0 Å². The van der Waals surface area contributed by atoms with Crippen LogP contribution in [-0.4, -0.2) is 66.2 Å². The van der Waals surface area contributed by atoms with E-state index in [-0.39, 0.29) is 13.2 Å². The zero-order valence-corrected chi connectivity index (χ0v) is 17.6. The number of piperazine rings is 1. The average Bonchev–Trinajstić information content (AvgIpc) is 3.13. The number of carbonyl (C=O) groups is 1. The Hall–Kier alpha value is -2.78. The van der Waals surface area contributed by atoms with E-state index in [9.17, 15) is 13.2 Å². The monoisotopic (exact) mass is 431 g/mol. The molecule has 1 atom stereocenters. The highest BCUT2D eigenvalue weighted by Gasteiger charge is 2.33. The SMILES string of the molecule is CS(=O)(=O)OC[C@H]1CN(c2ccc(N3CCN(c4ccccc4)CC3)cc2)C(=O)O1. The van der Waals surface area contributed by atoms with Gasteiger partial charge in [0.2, 0.25) is 0 Å². The first-order valence-electron chi connectivity index (χ1n) is 9.86. The standard InChI is InChI=1S/C21H25N3O5S/c1-30(26,27)28-16-20-15-24(21(25)29-20)19-9-7-18(8-10-19)23-13-11-22(12-14-23)17-5-3-2-4-6-17/h2-10,20H,11-16H2,1H3/t20-/m1/s1. The van der Waals surface area contributed by atoms with Crippen molar-refractivity contribution in [1.82, 2.24) is 0 Å². The fraction of sp³-hybridized carbons (Fsp3) is 0.381. The summed E-state index contributed by atoms with van der Waals surface area (Å²) in [7, 11) is -3.57. The van der Waals surface area contributed by atoms with E-state index in [4.69, 9.17) is 8.92 Å². The van der Waals surface area contributed by atoms with Crippen molar-refractivity contribution in [3.8, 4) is 0 Å². The lowest BCUT2D eigenvalue weighted by molar-refractivity contribution is 0.107.